The Morgan fingerprint density at radius 3 is 2.68 bits per heavy atom. The molecule has 0 saturated carbocycles. The number of aromatic nitrogens is 1. The highest BCUT2D eigenvalue weighted by atomic mass is 32.1. The highest BCUT2D eigenvalue weighted by Crippen LogP contribution is 2.30. The number of benzene rings is 2. The van der Waals surface area contributed by atoms with Crippen molar-refractivity contribution in [1.29, 1.82) is 0 Å². The van der Waals surface area contributed by atoms with Gasteiger partial charge in [-0.25, -0.2) is 4.98 Å². The van der Waals surface area contributed by atoms with E-state index in [4.69, 9.17) is 9.47 Å². The van der Waals surface area contributed by atoms with E-state index in [1.54, 1.807) is 41.7 Å². The van der Waals surface area contributed by atoms with Crippen LogP contribution in [-0.4, -0.2) is 60.3 Å². The zero-order valence-electron chi connectivity index (χ0n) is 18.5. The molecule has 0 radical (unpaired) electrons. The van der Waals surface area contributed by atoms with Crippen LogP contribution in [0.5, 0.6) is 17.2 Å². The van der Waals surface area contributed by atoms with Crippen molar-refractivity contribution in [3.05, 3.63) is 65.2 Å². The van der Waals surface area contributed by atoms with Gasteiger partial charge in [0.05, 0.1) is 6.54 Å². The second-order valence-corrected chi connectivity index (χ2v) is 8.82. The molecule has 2 amide bonds. The minimum absolute atomic E-state index is 0.0841. The fourth-order valence-corrected chi connectivity index (χ4v) is 4.28. The van der Waals surface area contributed by atoms with Crippen LogP contribution in [0.25, 0.3) is 0 Å². The van der Waals surface area contributed by atoms with E-state index in [9.17, 15) is 9.59 Å². The molecule has 5 rings (SSSR count). The van der Waals surface area contributed by atoms with Crippen LogP contribution in [0.3, 0.4) is 0 Å². The van der Waals surface area contributed by atoms with E-state index in [1.807, 2.05) is 24.3 Å². The van der Waals surface area contributed by atoms with Crippen LogP contribution in [0, 0.1) is 0 Å². The topological polar surface area (TPSA) is 105 Å². The number of nitrogens with one attached hydrogen (secondary N) is 2. The first-order valence-corrected chi connectivity index (χ1v) is 11.8. The summed E-state index contributed by atoms with van der Waals surface area (Å²) >= 11 is 1.32. The number of hydrogen-bond donors (Lipinski definition) is 2. The summed E-state index contributed by atoms with van der Waals surface area (Å²) in [6.45, 7) is 2.24. The Morgan fingerprint density at radius 2 is 2.00 bits per heavy atom. The van der Waals surface area contributed by atoms with Crippen LogP contribution < -0.4 is 20.1 Å². The van der Waals surface area contributed by atoms with E-state index in [2.05, 4.69) is 20.6 Å². The van der Waals surface area contributed by atoms with Gasteiger partial charge in [-0.1, -0.05) is 0 Å². The summed E-state index contributed by atoms with van der Waals surface area (Å²) in [5.41, 5.74) is 1.32. The van der Waals surface area contributed by atoms with Crippen molar-refractivity contribution < 1.29 is 19.1 Å². The summed E-state index contributed by atoms with van der Waals surface area (Å²) in [6.07, 6.45) is 1.61. The first kappa shape index (κ1) is 21.9. The third-order valence-electron chi connectivity index (χ3n) is 5.49. The van der Waals surface area contributed by atoms with Gasteiger partial charge in [0.25, 0.3) is 11.8 Å². The molecule has 0 bridgehead atoms. The molecule has 10 heteroatoms. The monoisotopic (exact) mass is 477 g/mol. The number of aliphatic imine (C=N–C) groups is 1. The highest BCUT2D eigenvalue weighted by molar-refractivity contribution is 7.13. The number of amidine groups is 1. The van der Waals surface area contributed by atoms with Crippen LogP contribution in [0.15, 0.2) is 59.0 Å². The smallest absolute Gasteiger partial charge is 0.263 e. The Kier molecular flexibility index (Phi) is 6.13. The van der Waals surface area contributed by atoms with Gasteiger partial charge in [-0.3, -0.25) is 19.9 Å². The second kappa shape index (κ2) is 9.52. The lowest BCUT2D eigenvalue weighted by Gasteiger charge is -2.15. The summed E-state index contributed by atoms with van der Waals surface area (Å²) in [4.78, 5) is 35.3. The lowest BCUT2D eigenvalue weighted by atomic mass is 10.1. The maximum atomic E-state index is 12.9. The summed E-state index contributed by atoms with van der Waals surface area (Å²) < 4.78 is 12.0. The van der Waals surface area contributed by atoms with Crippen molar-refractivity contribution in [3.63, 3.8) is 0 Å². The Hall–Kier alpha value is -3.92. The number of hydrogen-bond acceptors (Lipinski definition) is 8. The van der Waals surface area contributed by atoms with Gasteiger partial charge in [0.2, 0.25) is 0 Å². The molecule has 9 nitrogen and oxygen atoms in total. The Balaban J connectivity index is 1.39. The minimum atomic E-state index is -0.589. The molecule has 1 aromatic heterocycles. The standard InChI is InChI=1S/C24H23N5O4S/c1-29-10-6-20(23(29)31)33-19-13-16(22(30)28-24-27-9-11-34-24)12-18(14-19)32-17-4-2-15(3-5-17)21-25-7-8-26-21/h2-5,9,11-14,20H,6-8,10H2,1H3,(H,25,26)(H,27,28,30). The van der Waals surface area contributed by atoms with E-state index in [0.717, 1.165) is 24.5 Å². The number of likely N-dealkylation sites (tertiary alicyclic amines) is 1. The van der Waals surface area contributed by atoms with Gasteiger partial charge in [-0.05, 0) is 36.4 Å². The fourth-order valence-electron chi connectivity index (χ4n) is 3.76. The van der Waals surface area contributed by atoms with E-state index < -0.39 is 6.10 Å². The number of carbonyl (C=O) groups excluding carboxylic acids is 2. The molecule has 1 fully saturated rings. The van der Waals surface area contributed by atoms with E-state index in [1.165, 1.54) is 11.3 Å². The third kappa shape index (κ3) is 4.86. The Morgan fingerprint density at radius 1 is 1.18 bits per heavy atom. The zero-order chi connectivity index (χ0) is 23.5. The lowest BCUT2D eigenvalue weighted by Crippen LogP contribution is -2.29. The number of ether oxygens (including phenoxy) is 2. The number of anilines is 1. The van der Waals surface area contributed by atoms with Crippen LogP contribution in [0.4, 0.5) is 5.13 Å². The third-order valence-corrected chi connectivity index (χ3v) is 6.18. The molecule has 1 atom stereocenters. The Labute approximate surface area is 200 Å². The van der Waals surface area contributed by atoms with Crippen molar-refractivity contribution in [2.75, 3.05) is 32.0 Å². The molecule has 1 saturated heterocycles. The van der Waals surface area contributed by atoms with Gasteiger partial charge in [0.1, 0.15) is 23.1 Å². The van der Waals surface area contributed by atoms with Crippen LogP contribution in [-0.2, 0) is 4.79 Å². The van der Waals surface area contributed by atoms with E-state index in [0.29, 0.717) is 40.9 Å². The van der Waals surface area contributed by atoms with Gasteiger partial charge in [0, 0.05) is 55.3 Å². The molecule has 2 aliphatic rings. The first-order valence-electron chi connectivity index (χ1n) is 10.9. The van der Waals surface area contributed by atoms with Gasteiger partial charge < -0.3 is 19.7 Å². The van der Waals surface area contributed by atoms with Gasteiger partial charge in [-0.2, -0.15) is 0 Å². The summed E-state index contributed by atoms with van der Waals surface area (Å²) in [5.74, 6) is 1.85. The molecular weight excluding hydrogens is 454 g/mol. The maximum absolute atomic E-state index is 12.9. The molecule has 3 aromatic rings. The van der Waals surface area contributed by atoms with Crippen LogP contribution >= 0.6 is 11.3 Å². The maximum Gasteiger partial charge on any atom is 0.263 e. The van der Waals surface area contributed by atoms with Crippen molar-refractivity contribution in [2.45, 2.75) is 12.5 Å². The van der Waals surface area contributed by atoms with E-state index in [-0.39, 0.29) is 11.8 Å². The van der Waals surface area contributed by atoms with Crippen molar-refractivity contribution >= 4 is 34.1 Å². The summed E-state index contributed by atoms with van der Waals surface area (Å²) in [6, 6.07) is 12.5. The predicted molar refractivity (Wildman–Crippen MR) is 129 cm³/mol. The van der Waals surface area contributed by atoms with Gasteiger partial charge >= 0.3 is 0 Å². The summed E-state index contributed by atoms with van der Waals surface area (Å²) in [5, 5.41) is 8.28. The number of nitrogens with zero attached hydrogens (tertiary/aromatic N) is 3. The largest absolute Gasteiger partial charge is 0.480 e. The van der Waals surface area contributed by atoms with E-state index >= 15 is 0 Å². The van der Waals surface area contributed by atoms with Crippen molar-refractivity contribution in [3.8, 4) is 17.2 Å². The highest BCUT2D eigenvalue weighted by Gasteiger charge is 2.31. The average molecular weight is 478 g/mol. The number of carbonyl (C=O) groups is 2. The quantitative estimate of drug-likeness (QED) is 0.542. The molecule has 0 spiro atoms. The predicted octanol–water partition coefficient (Wildman–Crippen LogP) is 3.15. The first-order chi connectivity index (χ1) is 16.5. The van der Waals surface area contributed by atoms with Gasteiger partial charge in [0.15, 0.2) is 11.2 Å². The molecule has 2 aliphatic heterocycles. The normalized spacial score (nSPS) is 17.3. The molecule has 1 unspecified atom stereocenters. The van der Waals surface area contributed by atoms with Crippen molar-refractivity contribution in [2.24, 2.45) is 4.99 Å². The number of likely N-dealkylation sites (N-methyl/N-ethyl adjacent to an activating group) is 1. The zero-order valence-corrected chi connectivity index (χ0v) is 19.3. The number of rotatable bonds is 7. The molecule has 2 N–H and O–H groups in total. The molecule has 174 valence electrons. The second-order valence-electron chi connectivity index (χ2n) is 7.92. The summed E-state index contributed by atoms with van der Waals surface area (Å²) in [7, 11) is 1.74. The molecule has 2 aromatic carbocycles. The molecule has 0 aliphatic carbocycles. The van der Waals surface area contributed by atoms with Crippen LogP contribution in [0.2, 0.25) is 0 Å². The lowest BCUT2D eigenvalue weighted by molar-refractivity contribution is -0.132. The average Bonchev–Trinajstić information content (AvgIpc) is 3.61. The van der Waals surface area contributed by atoms with Crippen LogP contribution in [0.1, 0.15) is 22.3 Å². The van der Waals surface area contributed by atoms with Gasteiger partial charge in [-0.15, -0.1) is 11.3 Å². The Bertz CT molecular complexity index is 1230. The number of amides is 2. The fraction of sp³-hybridized carbons (Fsp3) is 0.250. The number of thiazole rings is 1. The molecular formula is C24H23N5O4S. The SMILES string of the molecule is CN1CCC(Oc2cc(Oc3ccc(C4=NCCN4)cc3)cc(C(=O)Nc3nccs3)c2)C1=O. The molecule has 3 heterocycles. The molecule has 34 heavy (non-hydrogen) atoms. The van der Waals surface area contributed by atoms with Crippen molar-refractivity contribution in [1.82, 2.24) is 15.2 Å². The minimum Gasteiger partial charge on any atom is -0.480 e.